The van der Waals surface area contributed by atoms with Gasteiger partial charge in [0.15, 0.2) is 5.82 Å². The van der Waals surface area contributed by atoms with Gasteiger partial charge in [-0.1, -0.05) is 17.7 Å². The van der Waals surface area contributed by atoms with Gasteiger partial charge in [-0.15, -0.1) is 0 Å². The third-order valence-corrected chi connectivity index (χ3v) is 4.42. The normalized spacial score (nSPS) is 11.8. The number of halogens is 5. The van der Waals surface area contributed by atoms with E-state index in [0.717, 1.165) is 18.2 Å². The molecular weight excluding hydrogens is 402 g/mol. The van der Waals surface area contributed by atoms with E-state index in [4.69, 9.17) is 16.3 Å². The minimum absolute atomic E-state index is 0.0376. The number of alkyl halides is 3. The summed E-state index contributed by atoms with van der Waals surface area (Å²) in [5.41, 5.74) is -0.958. The lowest BCUT2D eigenvalue weighted by Crippen LogP contribution is -2.14. The first-order chi connectivity index (χ1) is 13.1. The van der Waals surface area contributed by atoms with Crippen molar-refractivity contribution in [1.29, 1.82) is 0 Å². The number of carbonyl (C=O) groups is 1. The van der Waals surface area contributed by atoms with Crippen molar-refractivity contribution in [3.05, 3.63) is 64.1 Å². The van der Waals surface area contributed by atoms with Gasteiger partial charge in [0.2, 0.25) is 0 Å². The van der Waals surface area contributed by atoms with E-state index >= 15 is 0 Å². The highest BCUT2D eigenvalue weighted by molar-refractivity contribution is 6.31. The molecule has 0 saturated carbocycles. The summed E-state index contributed by atoms with van der Waals surface area (Å²) in [5.74, 6) is -1.93. The number of carbonyl (C=O) groups excluding carboxylic acids is 1. The van der Waals surface area contributed by atoms with Crippen molar-refractivity contribution in [3.8, 4) is 5.75 Å². The highest BCUT2D eigenvalue weighted by Crippen LogP contribution is 2.36. The van der Waals surface area contributed by atoms with Gasteiger partial charge in [-0.3, -0.25) is 0 Å². The van der Waals surface area contributed by atoms with E-state index < -0.39 is 28.5 Å². The van der Waals surface area contributed by atoms with Crippen molar-refractivity contribution in [3.63, 3.8) is 0 Å². The predicted octanol–water partition coefficient (Wildman–Crippen LogP) is 5.38. The number of aromatic hydroxyl groups is 1. The second-order valence-electron chi connectivity index (χ2n) is 6.01. The smallest absolute Gasteiger partial charge is 0.417 e. The molecule has 0 aliphatic carbocycles. The molecule has 0 radical (unpaired) electrons. The summed E-state index contributed by atoms with van der Waals surface area (Å²) in [4.78, 5) is 12.3. The summed E-state index contributed by atoms with van der Waals surface area (Å²) in [6.45, 7) is 1.42. The molecule has 9 heteroatoms. The van der Waals surface area contributed by atoms with E-state index in [2.05, 4.69) is 0 Å². The number of nitrogens with zero attached hydrogens (tertiary/aromatic N) is 1. The van der Waals surface area contributed by atoms with Crippen molar-refractivity contribution >= 4 is 28.5 Å². The number of benzene rings is 2. The molecule has 4 nitrogen and oxygen atoms in total. The van der Waals surface area contributed by atoms with Gasteiger partial charge in [0, 0.05) is 18.0 Å². The molecule has 2 aromatic carbocycles. The molecule has 0 fully saturated rings. The Hall–Kier alpha value is -2.74. The van der Waals surface area contributed by atoms with Crippen LogP contribution < -0.4 is 0 Å². The SMILES string of the molecule is CCOC(=O)c1cc2cc(O)cc(F)c2n1Cc1ccc(Cl)c(C(F)(F)F)c1. The summed E-state index contributed by atoms with van der Waals surface area (Å²) >= 11 is 5.63. The number of phenolic OH excluding ortho intramolecular Hbond substituents is 1. The zero-order chi connectivity index (χ0) is 20.6. The van der Waals surface area contributed by atoms with Crippen LogP contribution in [0.2, 0.25) is 5.02 Å². The third-order valence-electron chi connectivity index (χ3n) is 4.09. The summed E-state index contributed by atoms with van der Waals surface area (Å²) < 4.78 is 60.0. The Morgan fingerprint density at radius 3 is 2.57 bits per heavy atom. The van der Waals surface area contributed by atoms with E-state index in [-0.39, 0.29) is 41.1 Å². The number of aromatic nitrogens is 1. The lowest BCUT2D eigenvalue weighted by Gasteiger charge is -2.14. The zero-order valence-corrected chi connectivity index (χ0v) is 15.2. The van der Waals surface area contributed by atoms with E-state index in [1.54, 1.807) is 6.92 Å². The van der Waals surface area contributed by atoms with Gasteiger partial charge in [0.1, 0.15) is 11.4 Å². The fraction of sp³-hybridized carbons (Fsp3) is 0.211. The Morgan fingerprint density at radius 2 is 1.93 bits per heavy atom. The Morgan fingerprint density at radius 1 is 1.21 bits per heavy atom. The lowest BCUT2D eigenvalue weighted by molar-refractivity contribution is -0.137. The molecule has 0 aliphatic rings. The maximum atomic E-state index is 14.5. The Balaban J connectivity index is 2.17. The number of phenols is 1. The van der Waals surface area contributed by atoms with Gasteiger partial charge in [0.25, 0.3) is 0 Å². The molecule has 3 aromatic rings. The molecule has 1 aromatic heterocycles. The van der Waals surface area contributed by atoms with Gasteiger partial charge in [-0.25, -0.2) is 9.18 Å². The molecule has 0 bridgehead atoms. The van der Waals surface area contributed by atoms with Crippen LogP contribution in [-0.4, -0.2) is 22.2 Å². The Labute approximate surface area is 161 Å². The van der Waals surface area contributed by atoms with Crippen LogP contribution in [0.1, 0.15) is 28.5 Å². The molecule has 0 spiro atoms. The fourth-order valence-corrected chi connectivity index (χ4v) is 3.18. The number of esters is 1. The topological polar surface area (TPSA) is 51.5 Å². The zero-order valence-electron chi connectivity index (χ0n) is 14.5. The molecule has 28 heavy (non-hydrogen) atoms. The lowest BCUT2D eigenvalue weighted by atomic mass is 10.1. The van der Waals surface area contributed by atoms with Gasteiger partial charge < -0.3 is 14.4 Å². The van der Waals surface area contributed by atoms with Crippen LogP contribution in [0.5, 0.6) is 5.75 Å². The average molecular weight is 416 g/mol. The quantitative estimate of drug-likeness (QED) is 0.459. The summed E-state index contributed by atoms with van der Waals surface area (Å²) in [6, 6.07) is 6.73. The number of rotatable bonds is 4. The van der Waals surface area contributed by atoms with Crippen molar-refractivity contribution in [2.45, 2.75) is 19.6 Å². The molecule has 3 rings (SSSR count). The Kier molecular flexibility index (Phi) is 5.25. The van der Waals surface area contributed by atoms with Crippen LogP contribution in [0.4, 0.5) is 17.6 Å². The molecular formula is C19H14ClF4NO3. The van der Waals surface area contributed by atoms with Gasteiger partial charge in [0.05, 0.1) is 22.7 Å². The third kappa shape index (κ3) is 3.77. The monoisotopic (exact) mass is 415 g/mol. The minimum atomic E-state index is -4.66. The van der Waals surface area contributed by atoms with Crippen LogP contribution in [0.15, 0.2) is 36.4 Å². The molecule has 0 saturated heterocycles. The molecule has 1 heterocycles. The summed E-state index contributed by atoms with van der Waals surface area (Å²) in [5, 5.41) is 9.35. The Bertz CT molecular complexity index is 1060. The van der Waals surface area contributed by atoms with Crippen LogP contribution in [0.25, 0.3) is 10.9 Å². The maximum Gasteiger partial charge on any atom is 0.417 e. The van der Waals surface area contributed by atoms with E-state index in [1.165, 1.54) is 22.8 Å². The molecule has 0 atom stereocenters. The van der Waals surface area contributed by atoms with Crippen LogP contribution in [0.3, 0.4) is 0 Å². The van der Waals surface area contributed by atoms with Crippen LogP contribution in [-0.2, 0) is 17.5 Å². The van der Waals surface area contributed by atoms with Crippen molar-refractivity contribution in [2.75, 3.05) is 6.61 Å². The predicted molar refractivity (Wildman–Crippen MR) is 95.1 cm³/mol. The summed E-state index contributed by atoms with van der Waals surface area (Å²) in [7, 11) is 0. The van der Waals surface area contributed by atoms with Crippen molar-refractivity contribution in [2.24, 2.45) is 0 Å². The first-order valence-corrected chi connectivity index (χ1v) is 8.54. The first kappa shape index (κ1) is 20.0. The largest absolute Gasteiger partial charge is 0.508 e. The van der Waals surface area contributed by atoms with Crippen molar-refractivity contribution in [1.82, 2.24) is 4.57 Å². The molecule has 148 valence electrons. The number of hydrogen-bond acceptors (Lipinski definition) is 3. The van der Waals surface area contributed by atoms with Gasteiger partial charge >= 0.3 is 12.1 Å². The van der Waals surface area contributed by atoms with E-state index in [1.807, 2.05) is 0 Å². The molecule has 1 N–H and O–H groups in total. The number of fused-ring (bicyclic) bond motifs is 1. The van der Waals surface area contributed by atoms with Gasteiger partial charge in [-0.2, -0.15) is 13.2 Å². The highest BCUT2D eigenvalue weighted by Gasteiger charge is 2.33. The average Bonchev–Trinajstić information content (AvgIpc) is 2.94. The van der Waals surface area contributed by atoms with E-state index in [0.29, 0.717) is 0 Å². The molecule has 0 unspecified atom stereocenters. The number of hydrogen-bond donors (Lipinski definition) is 1. The van der Waals surface area contributed by atoms with Crippen LogP contribution >= 0.6 is 11.6 Å². The second-order valence-corrected chi connectivity index (χ2v) is 6.42. The second kappa shape index (κ2) is 7.35. The van der Waals surface area contributed by atoms with Gasteiger partial charge in [-0.05, 0) is 36.8 Å². The highest BCUT2D eigenvalue weighted by atomic mass is 35.5. The van der Waals surface area contributed by atoms with E-state index in [9.17, 15) is 27.5 Å². The minimum Gasteiger partial charge on any atom is -0.508 e. The van der Waals surface area contributed by atoms with Crippen molar-refractivity contribution < 1.29 is 32.2 Å². The standard InChI is InChI=1S/C19H14ClF4NO3/c1-2-28-18(27)16-7-11-6-12(26)8-15(21)17(11)25(16)9-10-3-4-14(20)13(5-10)19(22,23)24/h3-8,26H,2,9H2,1H3. The first-order valence-electron chi connectivity index (χ1n) is 8.16. The van der Waals surface area contributed by atoms with Crippen LogP contribution in [0, 0.1) is 5.82 Å². The summed E-state index contributed by atoms with van der Waals surface area (Å²) in [6.07, 6.45) is -4.66. The maximum absolute atomic E-state index is 14.5. The molecule has 0 amide bonds. The number of ether oxygens (including phenoxy) is 1. The fourth-order valence-electron chi connectivity index (χ4n) is 2.95. The molecule has 0 aliphatic heterocycles.